The van der Waals surface area contributed by atoms with Crippen LogP contribution in [0.1, 0.15) is 41.9 Å². The molecule has 1 atom stereocenters. The Morgan fingerprint density at radius 1 is 1.16 bits per heavy atom. The first-order valence-corrected chi connectivity index (χ1v) is 12.5. The maximum absolute atomic E-state index is 13.0. The zero-order chi connectivity index (χ0) is 26.5. The van der Waals surface area contributed by atoms with Gasteiger partial charge in [0.25, 0.3) is 12.3 Å². The Kier molecular flexibility index (Phi) is 7.65. The van der Waals surface area contributed by atoms with E-state index >= 15 is 0 Å². The fourth-order valence-electron chi connectivity index (χ4n) is 4.85. The van der Waals surface area contributed by atoms with Gasteiger partial charge in [-0.1, -0.05) is 6.07 Å². The lowest BCUT2D eigenvalue weighted by atomic mass is 10.1. The van der Waals surface area contributed by atoms with Crippen LogP contribution in [0, 0.1) is 11.3 Å². The number of piperazine rings is 1. The third-order valence-electron chi connectivity index (χ3n) is 6.82. The average molecular weight is 520 g/mol. The molecule has 5 heterocycles. The number of aromatic nitrogens is 6. The number of carbonyl (C=O) groups is 1. The molecule has 38 heavy (non-hydrogen) atoms. The minimum atomic E-state index is -2.72. The first-order chi connectivity index (χ1) is 18.5. The first kappa shape index (κ1) is 25.4. The number of unbranched alkanes of at least 4 members (excludes halogenated alkanes) is 1. The molecule has 0 aliphatic carbocycles. The molecule has 4 aromatic heterocycles. The van der Waals surface area contributed by atoms with Crippen LogP contribution in [0.25, 0.3) is 22.3 Å². The van der Waals surface area contributed by atoms with Crippen molar-refractivity contribution >= 4 is 16.9 Å². The van der Waals surface area contributed by atoms with E-state index in [9.17, 15) is 13.6 Å². The van der Waals surface area contributed by atoms with E-state index in [1.54, 1.807) is 11.1 Å². The van der Waals surface area contributed by atoms with Gasteiger partial charge in [-0.15, -0.1) is 0 Å². The van der Waals surface area contributed by atoms with Gasteiger partial charge in [0.2, 0.25) is 0 Å². The molecule has 0 spiro atoms. The molecule has 1 amide bonds. The molecule has 1 saturated heterocycles. The van der Waals surface area contributed by atoms with Gasteiger partial charge in [-0.05, 0) is 31.0 Å². The van der Waals surface area contributed by atoms with Crippen molar-refractivity contribution in [2.24, 2.45) is 0 Å². The van der Waals surface area contributed by atoms with E-state index in [0.29, 0.717) is 39.1 Å². The average Bonchev–Trinajstić information content (AvgIpc) is 3.62. The topological polar surface area (TPSA) is 120 Å². The molecular weight excluding hydrogens is 492 g/mol. The highest BCUT2D eigenvalue weighted by Gasteiger charge is 2.28. The van der Waals surface area contributed by atoms with E-state index in [1.165, 1.54) is 24.5 Å². The quantitative estimate of drug-likeness (QED) is 0.335. The van der Waals surface area contributed by atoms with Gasteiger partial charge in [0.1, 0.15) is 23.4 Å². The third kappa shape index (κ3) is 5.52. The first-order valence-electron chi connectivity index (χ1n) is 12.5. The lowest BCUT2D eigenvalue weighted by molar-refractivity contribution is 0.0525. The SMILES string of the molecule is N#CCCC[C@@H](Cn1cc(-c2ncnc3[nH]ccc23)cn1)N1CCN(C(=O)c2cccc(C(F)F)n2)CC1. The normalized spacial score (nSPS) is 15.2. The van der Waals surface area contributed by atoms with Crippen LogP contribution in [-0.2, 0) is 6.54 Å². The molecule has 0 saturated carbocycles. The summed E-state index contributed by atoms with van der Waals surface area (Å²) in [5.74, 6) is -0.342. The lowest BCUT2D eigenvalue weighted by Gasteiger charge is -2.39. The van der Waals surface area contributed by atoms with Crippen molar-refractivity contribution in [3.63, 3.8) is 0 Å². The van der Waals surface area contributed by atoms with Crippen LogP contribution in [0.4, 0.5) is 8.78 Å². The monoisotopic (exact) mass is 519 g/mol. The Morgan fingerprint density at radius 2 is 2.00 bits per heavy atom. The molecule has 4 aromatic rings. The van der Waals surface area contributed by atoms with Gasteiger partial charge >= 0.3 is 0 Å². The van der Waals surface area contributed by atoms with Gasteiger partial charge in [-0.2, -0.15) is 10.4 Å². The number of fused-ring (bicyclic) bond motifs is 1. The van der Waals surface area contributed by atoms with Crippen LogP contribution in [0.2, 0.25) is 0 Å². The summed E-state index contributed by atoms with van der Waals surface area (Å²) in [6.07, 6.45) is 6.42. The number of nitriles is 1. The smallest absolute Gasteiger partial charge is 0.280 e. The number of nitrogens with one attached hydrogen (secondary N) is 1. The Balaban J connectivity index is 1.26. The van der Waals surface area contributed by atoms with Crippen LogP contribution in [-0.4, -0.2) is 77.6 Å². The number of hydrogen-bond acceptors (Lipinski definition) is 7. The van der Waals surface area contributed by atoms with Gasteiger partial charge in [-0.25, -0.2) is 23.7 Å². The van der Waals surface area contributed by atoms with Crippen molar-refractivity contribution in [1.29, 1.82) is 5.26 Å². The van der Waals surface area contributed by atoms with E-state index in [1.807, 2.05) is 23.1 Å². The van der Waals surface area contributed by atoms with Crippen molar-refractivity contribution in [2.75, 3.05) is 26.2 Å². The predicted octanol–water partition coefficient (Wildman–Crippen LogP) is 3.67. The molecule has 0 aromatic carbocycles. The Bertz CT molecular complexity index is 1440. The number of amides is 1. The fraction of sp³-hybridized carbons (Fsp3) is 0.385. The maximum atomic E-state index is 13.0. The van der Waals surface area contributed by atoms with Crippen molar-refractivity contribution in [3.8, 4) is 17.3 Å². The van der Waals surface area contributed by atoms with Crippen LogP contribution in [0.5, 0.6) is 0 Å². The largest absolute Gasteiger partial charge is 0.346 e. The molecule has 1 N–H and O–H groups in total. The fourth-order valence-corrected chi connectivity index (χ4v) is 4.85. The highest BCUT2D eigenvalue weighted by molar-refractivity contribution is 5.92. The summed E-state index contributed by atoms with van der Waals surface area (Å²) in [7, 11) is 0. The number of carbonyl (C=O) groups excluding carboxylic acids is 1. The highest BCUT2D eigenvalue weighted by atomic mass is 19.3. The Hall–Kier alpha value is -4.24. The number of halogens is 2. The molecular formula is C26H27F2N9O. The molecule has 5 rings (SSSR count). The highest BCUT2D eigenvalue weighted by Crippen LogP contribution is 2.25. The summed E-state index contributed by atoms with van der Waals surface area (Å²) in [6.45, 7) is 2.80. The molecule has 1 fully saturated rings. The van der Waals surface area contributed by atoms with E-state index in [2.05, 4.69) is 36.0 Å². The van der Waals surface area contributed by atoms with Crippen molar-refractivity contribution in [2.45, 2.75) is 38.3 Å². The van der Waals surface area contributed by atoms with E-state index in [0.717, 1.165) is 35.1 Å². The number of alkyl halides is 2. The number of nitrogens with zero attached hydrogens (tertiary/aromatic N) is 8. The zero-order valence-electron chi connectivity index (χ0n) is 20.7. The third-order valence-corrected chi connectivity index (χ3v) is 6.82. The van der Waals surface area contributed by atoms with E-state index in [-0.39, 0.29) is 17.6 Å². The number of pyridine rings is 1. The summed E-state index contributed by atoms with van der Waals surface area (Å²) in [6, 6.07) is 8.39. The summed E-state index contributed by atoms with van der Waals surface area (Å²) >= 11 is 0. The van der Waals surface area contributed by atoms with Crippen molar-refractivity contribution < 1.29 is 13.6 Å². The standard InChI is InChI=1S/C26H27F2N9O/c27-24(28)21-5-3-6-22(34-21)26(38)36-12-10-35(11-13-36)19(4-1-2-8-29)16-37-15-18(14-33-37)23-20-7-9-30-25(20)32-17-31-23/h3,5-7,9,14-15,17,19,24H,1-2,4,10-13,16H2,(H,30,31,32)/t19-/m0/s1. The second-order valence-electron chi connectivity index (χ2n) is 9.19. The number of rotatable bonds is 9. The summed E-state index contributed by atoms with van der Waals surface area (Å²) in [5, 5.41) is 14.5. The molecule has 12 heteroatoms. The second kappa shape index (κ2) is 11.4. The van der Waals surface area contributed by atoms with Gasteiger partial charge < -0.3 is 9.88 Å². The van der Waals surface area contributed by atoms with Crippen molar-refractivity contribution in [3.05, 3.63) is 60.6 Å². The number of hydrogen-bond donors (Lipinski definition) is 1. The number of H-pyrrole nitrogens is 1. The lowest BCUT2D eigenvalue weighted by Crippen LogP contribution is -2.53. The summed E-state index contributed by atoms with van der Waals surface area (Å²) in [4.78, 5) is 32.5. The zero-order valence-corrected chi connectivity index (χ0v) is 20.7. The van der Waals surface area contributed by atoms with Gasteiger partial charge in [-0.3, -0.25) is 14.4 Å². The molecule has 0 radical (unpaired) electrons. The molecule has 1 aliphatic heterocycles. The minimum absolute atomic E-state index is 0.0344. The summed E-state index contributed by atoms with van der Waals surface area (Å²) in [5.41, 5.74) is 2.10. The number of aromatic amines is 1. The molecule has 10 nitrogen and oxygen atoms in total. The summed E-state index contributed by atoms with van der Waals surface area (Å²) < 4.78 is 27.9. The van der Waals surface area contributed by atoms with Crippen molar-refractivity contribution in [1.82, 2.24) is 39.5 Å². The van der Waals surface area contributed by atoms with E-state index < -0.39 is 12.1 Å². The molecule has 1 aliphatic rings. The van der Waals surface area contributed by atoms with E-state index in [4.69, 9.17) is 5.26 Å². The molecule has 0 unspecified atom stereocenters. The molecule has 0 bridgehead atoms. The van der Waals surface area contributed by atoms with Crippen LogP contribution in [0.15, 0.2) is 49.2 Å². The molecule has 196 valence electrons. The van der Waals surface area contributed by atoms with Gasteiger partial charge in [0.05, 0.1) is 24.5 Å². The predicted molar refractivity (Wildman–Crippen MR) is 135 cm³/mol. The van der Waals surface area contributed by atoms with Crippen LogP contribution in [0.3, 0.4) is 0 Å². The minimum Gasteiger partial charge on any atom is -0.346 e. The second-order valence-corrected chi connectivity index (χ2v) is 9.19. The van der Waals surface area contributed by atoms with Crippen LogP contribution < -0.4 is 0 Å². The van der Waals surface area contributed by atoms with Gasteiger partial charge in [0, 0.05) is 62.0 Å². The Morgan fingerprint density at radius 3 is 2.79 bits per heavy atom. The van der Waals surface area contributed by atoms with Gasteiger partial charge in [0.15, 0.2) is 0 Å². The Labute approximate surface area is 217 Å². The van der Waals surface area contributed by atoms with Crippen LogP contribution >= 0.6 is 0 Å². The maximum Gasteiger partial charge on any atom is 0.280 e.